The van der Waals surface area contributed by atoms with Gasteiger partial charge in [0.25, 0.3) is 0 Å². The number of ether oxygens (including phenoxy) is 3. The van der Waals surface area contributed by atoms with Crippen LogP contribution in [0, 0.1) is 13.8 Å². The van der Waals surface area contributed by atoms with Crippen LogP contribution in [0.25, 0.3) is 0 Å². The lowest BCUT2D eigenvalue weighted by molar-refractivity contribution is 0.0644. The van der Waals surface area contributed by atoms with Crippen LogP contribution in [-0.2, 0) is 4.74 Å². The molecule has 0 aromatic heterocycles. The lowest BCUT2D eigenvalue weighted by atomic mass is 10.1. The van der Waals surface area contributed by atoms with Crippen molar-refractivity contribution in [3.05, 3.63) is 59.2 Å². The Kier molecular flexibility index (Phi) is 5.16. The van der Waals surface area contributed by atoms with Gasteiger partial charge in [0.05, 0.1) is 6.10 Å². The number of para-hydroxylation sites is 1. The molecule has 4 nitrogen and oxygen atoms in total. The fourth-order valence-corrected chi connectivity index (χ4v) is 2.79. The van der Waals surface area contributed by atoms with E-state index in [1.54, 1.807) is 18.2 Å². The summed E-state index contributed by atoms with van der Waals surface area (Å²) in [5.74, 6) is 0.687. The van der Waals surface area contributed by atoms with Gasteiger partial charge in [-0.25, -0.2) is 4.79 Å². The summed E-state index contributed by atoms with van der Waals surface area (Å²) in [6.07, 6.45) is 2.16. The molecule has 0 saturated carbocycles. The number of hydrogen-bond donors (Lipinski definition) is 0. The van der Waals surface area contributed by atoms with Crippen LogP contribution in [0.1, 0.15) is 34.3 Å². The summed E-state index contributed by atoms with van der Waals surface area (Å²) >= 11 is 0. The van der Waals surface area contributed by atoms with E-state index in [1.807, 2.05) is 38.1 Å². The molecule has 0 bridgehead atoms. The summed E-state index contributed by atoms with van der Waals surface area (Å²) in [4.78, 5) is 12.5. The summed E-state index contributed by atoms with van der Waals surface area (Å²) in [6.45, 7) is 5.17. The minimum atomic E-state index is -0.412. The van der Waals surface area contributed by atoms with Gasteiger partial charge in [0.15, 0.2) is 0 Å². The van der Waals surface area contributed by atoms with Gasteiger partial charge >= 0.3 is 5.97 Å². The fourth-order valence-electron chi connectivity index (χ4n) is 2.79. The second kappa shape index (κ2) is 7.49. The van der Waals surface area contributed by atoms with Gasteiger partial charge in [0.2, 0.25) is 0 Å². The third-order valence-electron chi connectivity index (χ3n) is 4.09. The van der Waals surface area contributed by atoms with Crippen LogP contribution in [0.15, 0.2) is 42.5 Å². The van der Waals surface area contributed by atoms with Crippen LogP contribution in [0.4, 0.5) is 0 Å². The highest BCUT2D eigenvalue weighted by molar-refractivity contribution is 5.94. The van der Waals surface area contributed by atoms with Gasteiger partial charge in [0, 0.05) is 6.61 Å². The van der Waals surface area contributed by atoms with Gasteiger partial charge in [-0.05, 0) is 50.5 Å². The number of esters is 1. The molecule has 1 saturated heterocycles. The average Bonchev–Trinajstić information content (AvgIpc) is 3.09. The second-order valence-electron chi connectivity index (χ2n) is 6.10. The molecule has 1 fully saturated rings. The molecule has 24 heavy (non-hydrogen) atoms. The van der Waals surface area contributed by atoms with Gasteiger partial charge in [-0.1, -0.05) is 29.8 Å². The number of rotatable bonds is 5. The van der Waals surface area contributed by atoms with E-state index < -0.39 is 5.97 Å². The molecule has 0 aliphatic carbocycles. The highest BCUT2D eigenvalue weighted by Gasteiger charge is 2.19. The average molecular weight is 326 g/mol. The number of carbonyl (C=O) groups excluding carboxylic acids is 1. The zero-order valence-corrected chi connectivity index (χ0v) is 14.1. The van der Waals surface area contributed by atoms with Crippen molar-refractivity contribution in [3.8, 4) is 11.5 Å². The van der Waals surface area contributed by atoms with Gasteiger partial charge in [-0.3, -0.25) is 0 Å². The molecule has 126 valence electrons. The van der Waals surface area contributed by atoms with E-state index >= 15 is 0 Å². The Labute approximate surface area is 142 Å². The van der Waals surface area contributed by atoms with Crippen molar-refractivity contribution in [2.45, 2.75) is 32.8 Å². The van der Waals surface area contributed by atoms with Crippen molar-refractivity contribution < 1.29 is 19.0 Å². The summed E-state index contributed by atoms with van der Waals surface area (Å²) in [7, 11) is 0. The van der Waals surface area contributed by atoms with E-state index in [1.165, 1.54) is 0 Å². The van der Waals surface area contributed by atoms with Crippen molar-refractivity contribution in [1.82, 2.24) is 0 Å². The molecule has 0 amide bonds. The zero-order valence-electron chi connectivity index (χ0n) is 14.1. The van der Waals surface area contributed by atoms with Gasteiger partial charge in [-0.2, -0.15) is 0 Å². The maximum Gasteiger partial charge on any atom is 0.347 e. The minimum absolute atomic E-state index is 0.105. The number of hydrogen-bond acceptors (Lipinski definition) is 4. The van der Waals surface area contributed by atoms with Crippen molar-refractivity contribution in [1.29, 1.82) is 0 Å². The van der Waals surface area contributed by atoms with Crippen LogP contribution in [-0.4, -0.2) is 25.3 Å². The monoisotopic (exact) mass is 326 g/mol. The van der Waals surface area contributed by atoms with Crippen LogP contribution in [0.3, 0.4) is 0 Å². The Bertz CT molecular complexity index is 717. The lowest BCUT2D eigenvalue weighted by Gasteiger charge is -2.14. The Morgan fingerprint density at radius 1 is 1.17 bits per heavy atom. The first-order valence-electron chi connectivity index (χ1n) is 8.26. The Morgan fingerprint density at radius 2 is 2.00 bits per heavy atom. The molecule has 3 rings (SSSR count). The predicted molar refractivity (Wildman–Crippen MR) is 91.8 cm³/mol. The van der Waals surface area contributed by atoms with Gasteiger partial charge in [-0.15, -0.1) is 0 Å². The van der Waals surface area contributed by atoms with E-state index in [9.17, 15) is 4.79 Å². The summed E-state index contributed by atoms with van der Waals surface area (Å²) in [5, 5.41) is 0. The van der Waals surface area contributed by atoms with Crippen molar-refractivity contribution in [2.24, 2.45) is 0 Å². The third kappa shape index (κ3) is 3.95. The lowest BCUT2D eigenvalue weighted by Crippen LogP contribution is -2.18. The smallest absolute Gasteiger partial charge is 0.347 e. The van der Waals surface area contributed by atoms with Gasteiger partial charge < -0.3 is 14.2 Å². The number of carbonyl (C=O) groups is 1. The second-order valence-corrected chi connectivity index (χ2v) is 6.10. The molecule has 2 aromatic rings. The Hall–Kier alpha value is -2.33. The van der Waals surface area contributed by atoms with E-state index in [4.69, 9.17) is 14.2 Å². The molecule has 1 heterocycles. The van der Waals surface area contributed by atoms with Crippen LogP contribution >= 0.6 is 0 Å². The van der Waals surface area contributed by atoms with Crippen molar-refractivity contribution >= 4 is 5.97 Å². The maximum absolute atomic E-state index is 12.5. The molecular formula is C20H22O4. The highest BCUT2D eigenvalue weighted by Crippen LogP contribution is 2.24. The molecule has 1 aliphatic heterocycles. The molecular weight excluding hydrogens is 304 g/mol. The first-order chi connectivity index (χ1) is 11.6. The quantitative estimate of drug-likeness (QED) is 0.613. The summed E-state index contributed by atoms with van der Waals surface area (Å²) < 4.78 is 16.9. The fraction of sp³-hybridized carbons (Fsp3) is 0.350. The van der Waals surface area contributed by atoms with Crippen molar-refractivity contribution in [2.75, 3.05) is 13.2 Å². The topological polar surface area (TPSA) is 44.8 Å². The third-order valence-corrected chi connectivity index (χ3v) is 4.09. The first-order valence-corrected chi connectivity index (χ1v) is 8.26. The van der Waals surface area contributed by atoms with Crippen LogP contribution < -0.4 is 9.47 Å². The minimum Gasteiger partial charge on any atom is -0.490 e. The molecule has 1 atom stereocenters. The van der Waals surface area contributed by atoms with E-state index in [0.717, 1.165) is 30.6 Å². The molecule has 0 spiro atoms. The predicted octanol–water partition coefficient (Wildman–Crippen LogP) is 4.08. The standard InChI is InChI=1S/C20H22O4/c1-14-9-10-18(15(2)12-14)24-20(21)17-7-3-4-8-19(17)23-13-16-6-5-11-22-16/h3-4,7-10,12,16H,5-6,11,13H2,1-2H3. The molecule has 0 radical (unpaired) electrons. The van der Waals surface area contributed by atoms with Crippen LogP contribution in [0.2, 0.25) is 0 Å². The number of benzene rings is 2. The SMILES string of the molecule is Cc1ccc(OC(=O)c2ccccc2OCC2CCCO2)c(C)c1. The first kappa shape index (κ1) is 16.5. The van der Waals surface area contributed by atoms with Crippen LogP contribution in [0.5, 0.6) is 11.5 Å². The molecule has 0 N–H and O–H groups in total. The van der Waals surface area contributed by atoms with E-state index in [0.29, 0.717) is 23.7 Å². The molecule has 1 unspecified atom stereocenters. The molecule has 1 aliphatic rings. The largest absolute Gasteiger partial charge is 0.490 e. The maximum atomic E-state index is 12.5. The Balaban J connectivity index is 1.72. The molecule has 2 aromatic carbocycles. The highest BCUT2D eigenvalue weighted by atomic mass is 16.5. The number of aryl methyl sites for hydroxylation is 2. The Morgan fingerprint density at radius 3 is 2.75 bits per heavy atom. The summed E-state index contributed by atoms with van der Waals surface area (Å²) in [6, 6.07) is 12.9. The van der Waals surface area contributed by atoms with Gasteiger partial charge in [0.1, 0.15) is 23.7 Å². The summed E-state index contributed by atoms with van der Waals surface area (Å²) in [5.41, 5.74) is 2.49. The van der Waals surface area contributed by atoms with E-state index in [-0.39, 0.29) is 6.10 Å². The van der Waals surface area contributed by atoms with E-state index in [2.05, 4.69) is 0 Å². The molecule has 4 heteroatoms. The normalized spacial score (nSPS) is 16.8. The van der Waals surface area contributed by atoms with Crippen molar-refractivity contribution in [3.63, 3.8) is 0 Å². The zero-order chi connectivity index (χ0) is 16.9.